The Kier molecular flexibility index (Phi) is 4.37. The van der Waals surface area contributed by atoms with Crippen molar-refractivity contribution < 1.29 is 9.53 Å². The van der Waals surface area contributed by atoms with E-state index < -0.39 is 5.97 Å². The summed E-state index contributed by atoms with van der Waals surface area (Å²) < 4.78 is 5.17. The molecular formula is C14H12Cl2N2O2. The maximum absolute atomic E-state index is 11.9. The molecule has 0 saturated heterocycles. The molecule has 4 nitrogen and oxygen atoms in total. The maximum atomic E-state index is 11.9. The highest BCUT2D eigenvalue weighted by Crippen LogP contribution is 2.25. The van der Waals surface area contributed by atoms with Crippen LogP contribution in [0.25, 0.3) is 0 Å². The topological polar surface area (TPSA) is 78.3 Å². The highest BCUT2D eigenvalue weighted by atomic mass is 35.5. The second-order valence-corrected chi connectivity index (χ2v) is 4.94. The van der Waals surface area contributed by atoms with Gasteiger partial charge >= 0.3 is 5.97 Å². The number of carbonyl (C=O) groups is 1. The number of nitrogen functional groups attached to an aromatic ring is 2. The molecule has 0 spiro atoms. The van der Waals surface area contributed by atoms with Crippen molar-refractivity contribution in [3.8, 4) is 0 Å². The third-order valence-corrected chi connectivity index (χ3v) is 3.41. The summed E-state index contributed by atoms with van der Waals surface area (Å²) in [4.78, 5) is 11.9. The fourth-order valence-electron chi connectivity index (χ4n) is 1.65. The summed E-state index contributed by atoms with van der Waals surface area (Å²) in [5, 5.41) is 0.881. The van der Waals surface area contributed by atoms with E-state index in [1.165, 1.54) is 12.1 Å². The minimum Gasteiger partial charge on any atom is -0.457 e. The number of rotatable bonds is 3. The number of halogens is 2. The van der Waals surface area contributed by atoms with Gasteiger partial charge in [-0.25, -0.2) is 4.79 Å². The minimum atomic E-state index is -0.557. The zero-order chi connectivity index (χ0) is 14.7. The molecule has 4 N–H and O–H groups in total. The van der Waals surface area contributed by atoms with Gasteiger partial charge in [-0.15, -0.1) is 0 Å². The van der Waals surface area contributed by atoms with E-state index in [4.69, 9.17) is 39.4 Å². The van der Waals surface area contributed by atoms with Crippen LogP contribution in [0.1, 0.15) is 15.9 Å². The van der Waals surface area contributed by atoms with Crippen LogP contribution in [0, 0.1) is 0 Å². The Bertz CT molecular complexity index is 639. The van der Waals surface area contributed by atoms with E-state index in [1.807, 2.05) is 0 Å². The molecule has 0 radical (unpaired) electrons. The predicted octanol–water partition coefficient (Wildman–Crippen LogP) is 3.51. The van der Waals surface area contributed by atoms with Crippen molar-refractivity contribution in [1.82, 2.24) is 0 Å². The summed E-state index contributed by atoms with van der Waals surface area (Å²) in [6.45, 7) is -0.0266. The third kappa shape index (κ3) is 3.15. The van der Waals surface area contributed by atoms with E-state index >= 15 is 0 Å². The molecular weight excluding hydrogens is 299 g/mol. The molecule has 104 valence electrons. The molecule has 0 aliphatic carbocycles. The second-order valence-electron chi connectivity index (χ2n) is 4.12. The van der Waals surface area contributed by atoms with Gasteiger partial charge in [0.05, 0.1) is 5.56 Å². The molecule has 0 saturated carbocycles. The summed E-state index contributed by atoms with van der Waals surface area (Å²) in [5.41, 5.74) is 12.8. The lowest BCUT2D eigenvalue weighted by atomic mass is 10.1. The van der Waals surface area contributed by atoms with E-state index in [2.05, 4.69) is 0 Å². The molecule has 0 aromatic heterocycles. The third-order valence-electron chi connectivity index (χ3n) is 2.70. The lowest BCUT2D eigenvalue weighted by molar-refractivity contribution is 0.0474. The van der Waals surface area contributed by atoms with Gasteiger partial charge in [0, 0.05) is 27.0 Å². The summed E-state index contributed by atoms with van der Waals surface area (Å²) in [7, 11) is 0. The Morgan fingerprint density at radius 1 is 1.10 bits per heavy atom. The van der Waals surface area contributed by atoms with Crippen molar-refractivity contribution >= 4 is 40.5 Å². The van der Waals surface area contributed by atoms with Gasteiger partial charge in [0.15, 0.2) is 0 Å². The van der Waals surface area contributed by atoms with Gasteiger partial charge in [0.25, 0.3) is 0 Å². The van der Waals surface area contributed by atoms with Crippen LogP contribution in [0.4, 0.5) is 11.4 Å². The first-order valence-electron chi connectivity index (χ1n) is 5.74. The molecule has 0 unspecified atom stereocenters. The first-order chi connectivity index (χ1) is 9.49. The van der Waals surface area contributed by atoms with E-state index in [0.717, 1.165) is 0 Å². The Balaban J connectivity index is 2.13. The van der Waals surface area contributed by atoms with E-state index in [9.17, 15) is 4.79 Å². The Labute approximate surface area is 126 Å². The second kappa shape index (κ2) is 6.03. The molecule has 0 fully saturated rings. The normalized spacial score (nSPS) is 10.3. The number of carbonyl (C=O) groups excluding carboxylic acids is 1. The zero-order valence-corrected chi connectivity index (χ0v) is 11.9. The van der Waals surface area contributed by atoms with Crippen LogP contribution in [-0.4, -0.2) is 5.97 Å². The van der Waals surface area contributed by atoms with Crippen molar-refractivity contribution in [2.24, 2.45) is 0 Å². The highest BCUT2D eigenvalue weighted by molar-refractivity contribution is 6.35. The quantitative estimate of drug-likeness (QED) is 0.671. The van der Waals surface area contributed by atoms with E-state index in [-0.39, 0.29) is 17.9 Å². The van der Waals surface area contributed by atoms with Crippen molar-refractivity contribution in [2.75, 3.05) is 11.5 Å². The average Bonchev–Trinajstić information content (AvgIpc) is 2.37. The number of nitrogens with two attached hydrogens (primary N) is 2. The van der Waals surface area contributed by atoms with Gasteiger partial charge < -0.3 is 16.2 Å². The smallest absolute Gasteiger partial charge is 0.340 e. The molecule has 0 heterocycles. The van der Waals surface area contributed by atoms with Crippen LogP contribution < -0.4 is 11.5 Å². The molecule has 0 aliphatic heterocycles. The monoisotopic (exact) mass is 310 g/mol. The number of anilines is 2. The molecule has 0 bridgehead atoms. The molecule has 20 heavy (non-hydrogen) atoms. The van der Waals surface area contributed by atoms with Crippen LogP contribution in [-0.2, 0) is 11.3 Å². The van der Waals surface area contributed by atoms with Gasteiger partial charge in [-0.3, -0.25) is 0 Å². The van der Waals surface area contributed by atoms with E-state index in [1.54, 1.807) is 24.3 Å². The Morgan fingerprint density at radius 3 is 2.35 bits per heavy atom. The van der Waals surface area contributed by atoms with Crippen LogP contribution in [0.3, 0.4) is 0 Å². The Hall–Kier alpha value is -1.91. The number of benzene rings is 2. The molecule has 2 rings (SSSR count). The molecule has 0 amide bonds. The first kappa shape index (κ1) is 14.5. The van der Waals surface area contributed by atoms with Crippen molar-refractivity contribution in [3.05, 3.63) is 57.6 Å². The summed E-state index contributed by atoms with van der Waals surface area (Å²) >= 11 is 12.0. The van der Waals surface area contributed by atoms with Crippen LogP contribution in [0.15, 0.2) is 36.4 Å². The zero-order valence-electron chi connectivity index (χ0n) is 10.4. The van der Waals surface area contributed by atoms with Crippen LogP contribution in [0.2, 0.25) is 10.0 Å². The van der Waals surface area contributed by atoms with Gasteiger partial charge in [-0.2, -0.15) is 0 Å². The molecule has 0 atom stereocenters. The average molecular weight is 311 g/mol. The standard InChI is InChI=1S/C14H12Cl2N2O2/c15-11-2-1-3-12(16)10(11)7-20-14(19)9-5-4-8(17)6-13(9)18/h1-6H,7,17-18H2. The SMILES string of the molecule is Nc1ccc(C(=O)OCc2c(Cl)cccc2Cl)c(N)c1. The molecule has 6 heteroatoms. The lowest BCUT2D eigenvalue weighted by Crippen LogP contribution is -2.09. The van der Waals surface area contributed by atoms with E-state index in [0.29, 0.717) is 21.3 Å². The van der Waals surface area contributed by atoms with Gasteiger partial charge in [0.2, 0.25) is 0 Å². The first-order valence-corrected chi connectivity index (χ1v) is 6.49. The molecule has 2 aromatic carbocycles. The van der Waals surface area contributed by atoms with Crippen molar-refractivity contribution in [2.45, 2.75) is 6.61 Å². The fraction of sp³-hybridized carbons (Fsp3) is 0.0714. The number of ether oxygens (including phenoxy) is 1. The number of hydrogen-bond acceptors (Lipinski definition) is 4. The highest BCUT2D eigenvalue weighted by Gasteiger charge is 2.13. The predicted molar refractivity (Wildman–Crippen MR) is 80.8 cm³/mol. The molecule has 0 aliphatic rings. The van der Waals surface area contributed by atoms with Gasteiger partial charge in [-0.1, -0.05) is 29.3 Å². The summed E-state index contributed by atoms with van der Waals surface area (Å²) in [6.07, 6.45) is 0. The lowest BCUT2D eigenvalue weighted by Gasteiger charge is -2.10. The number of esters is 1. The van der Waals surface area contributed by atoms with Crippen LogP contribution >= 0.6 is 23.2 Å². The minimum absolute atomic E-state index is 0.0266. The molecule has 2 aromatic rings. The summed E-state index contributed by atoms with van der Waals surface area (Å²) in [5.74, 6) is -0.557. The van der Waals surface area contributed by atoms with Crippen molar-refractivity contribution in [3.63, 3.8) is 0 Å². The Morgan fingerprint density at radius 2 is 1.75 bits per heavy atom. The van der Waals surface area contributed by atoms with Crippen LogP contribution in [0.5, 0.6) is 0 Å². The fourth-order valence-corrected chi connectivity index (χ4v) is 2.16. The maximum Gasteiger partial charge on any atom is 0.340 e. The van der Waals surface area contributed by atoms with Crippen molar-refractivity contribution in [1.29, 1.82) is 0 Å². The largest absolute Gasteiger partial charge is 0.457 e. The van der Waals surface area contributed by atoms with Gasteiger partial charge in [0.1, 0.15) is 6.61 Å². The number of hydrogen-bond donors (Lipinski definition) is 2. The summed E-state index contributed by atoms with van der Waals surface area (Å²) in [6, 6.07) is 9.66. The van der Waals surface area contributed by atoms with Gasteiger partial charge in [-0.05, 0) is 30.3 Å².